The third kappa shape index (κ3) is 2.24. The van der Waals surface area contributed by atoms with Gasteiger partial charge in [-0.3, -0.25) is 0 Å². The van der Waals surface area contributed by atoms with E-state index in [4.69, 9.17) is 11.6 Å². The Kier molecular flexibility index (Phi) is 3.03. The van der Waals surface area contributed by atoms with E-state index in [0.29, 0.717) is 10.9 Å². The van der Waals surface area contributed by atoms with Gasteiger partial charge >= 0.3 is 0 Å². The van der Waals surface area contributed by atoms with Crippen LogP contribution in [-0.4, -0.2) is 21.5 Å². The van der Waals surface area contributed by atoms with E-state index >= 15 is 0 Å². The Bertz CT molecular complexity index is 733. The lowest BCUT2D eigenvalue weighted by Gasteiger charge is -2.08. The molecule has 0 amide bonds. The van der Waals surface area contributed by atoms with Gasteiger partial charge in [-0.1, -0.05) is 25.4 Å². The van der Waals surface area contributed by atoms with Crippen LogP contribution in [0.1, 0.15) is 13.8 Å². The Labute approximate surface area is 116 Å². The maximum Gasteiger partial charge on any atom is 0.153 e. The van der Waals surface area contributed by atoms with E-state index < -0.39 is 0 Å². The van der Waals surface area contributed by atoms with Crippen LogP contribution < -0.4 is 5.32 Å². The van der Waals surface area contributed by atoms with Gasteiger partial charge in [0, 0.05) is 22.5 Å². The van der Waals surface area contributed by atoms with Gasteiger partial charge in [0.15, 0.2) is 5.82 Å². The standard InChI is InChI=1S/C14H15ClN4/c1-8(2)6-16-14-13-12(17-7-18-14)10-5-9(15)3-4-11(10)19-13/h3-5,7-8,19H,6H2,1-2H3,(H,16,17,18). The summed E-state index contributed by atoms with van der Waals surface area (Å²) in [5, 5.41) is 5.08. The minimum Gasteiger partial charge on any atom is -0.368 e. The molecule has 19 heavy (non-hydrogen) atoms. The summed E-state index contributed by atoms with van der Waals surface area (Å²) >= 11 is 6.05. The zero-order chi connectivity index (χ0) is 13.4. The molecule has 0 unspecified atom stereocenters. The molecular weight excluding hydrogens is 260 g/mol. The third-order valence-corrected chi connectivity index (χ3v) is 3.26. The Morgan fingerprint density at radius 1 is 1.32 bits per heavy atom. The molecule has 0 aliphatic rings. The van der Waals surface area contributed by atoms with E-state index in [1.165, 1.54) is 0 Å². The average molecular weight is 275 g/mol. The molecule has 0 bridgehead atoms. The predicted molar refractivity (Wildman–Crippen MR) is 79.7 cm³/mol. The van der Waals surface area contributed by atoms with Crippen LogP contribution in [0.5, 0.6) is 0 Å². The Hall–Kier alpha value is -1.81. The lowest BCUT2D eigenvalue weighted by atomic mass is 10.2. The normalized spacial score (nSPS) is 11.6. The van der Waals surface area contributed by atoms with Gasteiger partial charge < -0.3 is 10.3 Å². The van der Waals surface area contributed by atoms with Crippen molar-refractivity contribution in [1.82, 2.24) is 15.0 Å². The molecule has 2 heterocycles. The van der Waals surface area contributed by atoms with Gasteiger partial charge in [-0.25, -0.2) is 9.97 Å². The molecule has 1 aromatic carbocycles. The molecule has 0 radical (unpaired) electrons. The fourth-order valence-electron chi connectivity index (χ4n) is 2.10. The van der Waals surface area contributed by atoms with Gasteiger partial charge in [0.1, 0.15) is 17.4 Å². The molecule has 0 aliphatic heterocycles. The number of fused-ring (bicyclic) bond motifs is 3. The van der Waals surface area contributed by atoms with Gasteiger partial charge in [-0.2, -0.15) is 0 Å². The lowest BCUT2D eigenvalue weighted by Crippen LogP contribution is -2.09. The van der Waals surface area contributed by atoms with E-state index in [2.05, 4.69) is 34.1 Å². The summed E-state index contributed by atoms with van der Waals surface area (Å²) in [5.74, 6) is 1.40. The summed E-state index contributed by atoms with van der Waals surface area (Å²) < 4.78 is 0. The monoisotopic (exact) mass is 274 g/mol. The first-order valence-corrected chi connectivity index (χ1v) is 6.69. The number of hydrogen-bond acceptors (Lipinski definition) is 3. The Morgan fingerprint density at radius 2 is 2.16 bits per heavy atom. The van der Waals surface area contributed by atoms with Crippen LogP contribution in [0.15, 0.2) is 24.5 Å². The van der Waals surface area contributed by atoms with Crippen LogP contribution in [0.3, 0.4) is 0 Å². The van der Waals surface area contributed by atoms with Crippen molar-refractivity contribution in [3.63, 3.8) is 0 Å². The van der Waals surface area contributed by atoms with Crippen LogP contribution in [0.25, 0.3) is 21.9 Å². The minimum atomic E-state index is 0.559. The topological polar surface area (TPSA) is 53.6 Å². The minimum absolute atomic E-state index is 0.559. The molecule has 98 valence electrons. The van der Waals surface area contributed by atoms with Gasteiger partial charge in [0.05, 0.1) is 0 Å². The predicted octanol–water partition coefficient (Wildman–Crippen LogP) is 3.83. The lowest BCUT2D eigenvalue weighted by molar-refractivity contribution is 0.687. The zero-order valence-corrected chi connectivity index (χ0v) is 11.6. The highest BCUT2D eigenvalue weighted by atomic mass is 35.5. The fraction of sp³-hybridized carbons (Fsp3) is 0.286. The number of benzene rings is 1. The van der Waals surface area contributed by atoms with Crippen molar-refractivity contribution in [1.29, 1.82) is 0 Å². The van der Waals surface area contributed by atoms with Gasteiger partial charge in [-0.15, -0.1) is 0 Å². The highest BCUT2D eigenvalue weighted by molar-refractivity contribution is 6.31. The molecule has 3 rings (SSSR count). The second-order valence-electron chi connectivity index (χ2n) is 5.04. The number of rotatable bonds is 3. The molecule has 0 aliphatic carbocycles. The number of H-pyrrole nitrogens is 1. The summed E-state index contributed by atoms with van der Waals surface area (Å²) in [4.78, 5) is 12.0. The first kappa shape index (κ1) is 12.2. The van der Waals surface area contributed by atoms with Crippen LogP contribution in [0.4, 0.5) is 5.82 Å². The summed E-state index contributed by atoms with van der Waals surface area (Å²) in [6.45, 7) is 5.20. The molecule has 5 heteroatoms. The molecule has 2 aromatic heterocycles. The van der Waals surface area contributed by atoms with Crippen molar-refractivity contribution >= 4 is 39.4 Å². The molecule has 0 spiro atoms. The largest absolute Gasteiger partial charge is 0.368 e. The molecule has 0 saturated carbocycles. The van der Waals surface area contributed by atoms with Crippen LogP contribution in [0.2, 0.25) is 5.02 Å². The van der Waals surface area contributed by atoms with Gasteiger partial charge in [-0.05, 0) is 24.1 Å². The summed E-state index contributed by atoms with van der Waals surface area (Å²) in [7, 11) is 0. The summed E-state index contributed by atoms with van der Waals surface area (Å²) in [5.41, 5.74) is 2.85. The Morgan fingerprint density at radius 3 is 2.95 bits per heavy atom. The number of anilines is 1. The van der Waals surface area contributed by atoms with Gasteiger partial charge in [0.2, 0.25) is 0 Å². The van der Waals surface area contributed by atoms with E-state index in [1.54, 1.807) is 6.33 Å². The van der Waals surface area contributed by atoms with Crippen molar-refractivity contribution in [2.45, 2.75) is 13.8 Å². The van der Waals surface area contributed by atoms with Gasteiger partial charge in [0.25, 0.3) is 0 Å². The first-order chi connectivity index (χ1) is 9.15. The van der Waals surface area contributed by atoms with E-state index in [-0.39, 0.29) is 0 Å². The zero-order valence-electron chi connectivity index (χ0n) is 10.9. The summed E-state index contributed by atoms with van der Waals surface area (Å²) in [6, 6.07) is 5.76. The Balaban J connectivity index is 2.17. The van der Waals surface area contributed by atoms with E-state index in [0.717, 1.165) is 34.3 Å². The van der Waals surface area contributed by atoms with Crippen LogP contribution >= 0.6 is 11.6 Å². The number of nitrogens with zero attached hydrogens (tertiary/aromatic N) is 2. The molecule has 0 saturated heterocycles. The van der Waals surface area contributed by atoms with Crippen molar-refractivity contribution < 1.29 is 0 Å². The summed E-state index contributed by atoms with van der Waals surface area (Å²) in [6.07, 6.45) is 1.58. The van der Waals surface area contributed by atoms with Crippen molar-refractivity contribution in [3.8, 4) is 0 Å². The number of aromatic nitrogens is 3. The number of hydrogen-bond donors (Lipinski definition) is 2. The highest BCUT2D eigenvalue weighted by Crippen LogP contribution is 2.29. The van der Waals surface area contributed by atoms with Crippen molar-refractivity contribution in [3.05, 3.63) is 29.5 Å². The van der Waals surface area contributed by atoms with Crippen LogP contribution in [-0.2, 0) is 0 Å². The third-order valence-electron chi connectivity index (χ3n) is 3.02. The van der Waals surface area contributed by atoms with E-state index in [9.17, 15) is 0 Å². The molecule has 0 fully saturated rings. The molecule has 4 nitrogen and oxygen atoms in total. The maximum absolute atomic E-state index is 6.05. The quantitative estimate of drug-likeness (QED) is 0.763. The molecule has 2 N–H and O–H groups in total. The molecule has 3 aromatic rings. The van der Waals surface area contributed by atoms with E-state index in [1.807, 2.05) is 18.2 Å². The second kappa shape index (κ2) is 4.70. The van der Waals surface area contributed by atoms with Crippen LogP contribution in [0, 0.1) is 5.92 Å². The SMILES string of the molecule is CC(C)CNc1ncnc2c1[nH]c1ccc(Cl)cc12. The smallest absolute Gasteiger partial charge is 0.153 e. The highest BCUT2D eigenvalue weighted by Gasteiger charge is 2.10. The maximum atomic E-state index is 6.05. The number of nitrogens with one attached hydrogen (secondary N) is 2. The van der Waals surface area contributed by atoms with Crippen molar-refractivity contribution in [2.75, 3.05) is 11.9 Å². The fourth-order valence-corrected chi connectivity index (χ4v) is 2.27. The molecule has 0 atom stereocenters. The number of halogens is 1. The second-order valence-corrected chi connectivity index (χ2v) is 5.47. The van der Waals surface area contributed by atoms with Crippen molar-refractivity contribution in [2.24, 2.45) is 5.92 Å². The average Bonchev–Trinajstić information content (AvgIpc) is 2.75. The number of aromatic amines is 1. The molecular formula is C14H15ClN4. The first-order valence-electron chi connectivity index (χ1n) is 6.31.